The van der Waals surface area contributed by atoms with Gasteiger partial charge in [0, 0.05) is 19.3 Å². The van der Waals surface area contributed by atoms with Gasteiger partial charge in [0.1, 0.15) is 11.4 Å². The average Bonchev–Trinajstić information content (AvgIpc) is 2.62. The Morgan fingerprint density at radius 1 is 1.33 bits per heavy atom. The molecule has 2 aromatic rings. The Bertz CT molecular complexity index is 720. The summed E-state index contributed by atoms with van der Waals surface area (Å²) in [6.45, 7) is 4.09. The molecular formula is C18H22N4O2. The minimum Gasteiger partial charge on any atom is -0.495 e. The van der Waals surface area contributed by atoms with Crippen molar-refractivity contribution < 1.29 is 9.53 Å². The number of carbonyl (C=O) groups excluding carboxylic acids is 1. The van der Waals surface area contributed by atoms with Gasteiger partial charge in [-0.3, -0.25) is 4.79 Å². The summed E-state index contributed by atoms with van der Waals surface area (Å²) in [6.07, 6.45) is 3.99. The van der Waals surface area contributed by atoms with Gasteiger partial charge in [0.15, 0.2) is 0 Å². The third-order valence-corrected chi connectivity index (χ3v) is 4.17. The van der Waals surface area contributed by atoms with Gasteiger partial charge in [0.25, 0.3) is 5.91 Å². The van der Waals surface area contributed by atoms with E-state index in [1.807, 2.05) is 12.1 Å². The lowest BCUT2D eigenvalue weighted by molar-refractivity contribution is 0.102. The second-order valence-corrected chi connectivity index (χ2v) is 6.09. The standard InChI is InChI=1S/C18H22N4O2/c1-13-6-5-11-22(12-13)18-19-10-9-15(21-18)17(23)20-14-7-3-4-8-16(14)24-2/h3-4,7-10,13H,5-6,11-12H2,1-2H3,(H,20,23). The van der Waals surface area contributed by atoms with Crippen LogP contribution < -0.4 is 15.0 Å². The lowest BCUT2D eigenvalue weighted by Gasteiger charge is -2.30. The van der Waals surface area contributed by atoms with Crippen molar-refractivity contribution in [2.75, 3.05) is 30.4 Å². The van der Waals surface area contributed by atoms with Gasteiger partial charge in [-0.05, 0) is 37.0 Å². The Kier molecular flexibility index (Phi) is 4.93. The summed E-state index contributed by atoms with van der Waals surface area (Å²) in [5.41, 5.74) is 0.973. The number of carbonyl (C=O) groups is 1. The van der Waals surface area contributed by atoms with Crippen molar-refractivity contribution in [3.63, 3.8) is 0 Å². The van der Waals surface area contributed by atoms with Gasteiger partial charge < -0.3 is 15.0 Å². The van der Waals surface area contributed by atoms with Gasteiger partial charge in [0.05, 0.1) is 12.8 Å². The zero-order valence-corrected chi connectivity index (χ0v) is 14.0. The Hall–Kier alpha value is -2.63. The van der Waals surface area contributed by atoms with E-state index in [4.69, 9.17) is 4.74 Å². The van der Waals surface area contributed by atoms with E-state index < -0.39 is 0 Å². The first kappa shape index (κ1) is 16.2. The van der Waals surface area contributed by atoms with E-state index in [0.717, 1.165) is 19.5 Å². The van der Waals surface area contributed by atoms with Crippen LogP contribution in [0.1, 0.15) is 30.3 Å². The lowest BCUT2D eigenvalue weighted by Crippen LogP contribution is -2.35. The molecule has 0 spiro atoms. The maximum atomic E-state index is 12.5. The molecule has 126 valence electrons. The first-order chi connectivity index (χ1) is 11.7. The fraction of sp³-hybridized carbons (Fsp3) is 0.389. The highest BCUT2D eigenvalue weighted by molar-refractivity contribution is 6.03. The number of piperidine rings is 1. The van der Waals surface area contributed by atoms with Crippen molar-refractivity contribution in [2.45, 2.75) is 19.8 Å². The van der Waals surface area contributed by atoms with E-state index in [-0.39, 0.29) is 5.91 Å². The minimum absolute atomic E-state index is 0.270. The predicted molar refractivity (Wildman–Crippen MR) is 93.6 cm³/mol. The highest BCUT2D eigenvalue weighted by atomic mass is 16.5. The Morgan fingerprint density at radius 3 is 2.96 bits per heavy atom. The number of amides is 1. The third kappa shape index (κ3) is 3.64. The number of para-hydroxylation sites is 2. The SMILES string of the molecule is COc1ccccc1NC(=O)c1ccnc(N2CCCC(C)C2)n1. The van der Waals surface area contributed by atoms with E-state index in [0.29, 0.717) is 29.0 Å². The minimum atomic E-state index is -0.270. The fourth-order valence-corrected chi connectivity index (χ4v) is 2.93. The zero-order chi connectivity index (χ0) is 16.9. The molecule has 1 aliphatic heterocycles. The van der Waals surface area contributed by atoms with Gasteiger partial charge >= 0.3 is 0 Å². The van der Waals surface area contributed by atoms with E-state index in [2.05, 4.69) is 27.1 Å². The van der Waals surface area contributed by atoms with Crippen molar-refractivity contribution in [1.29, 1.82) is 0 Å². The monoisotopic (exact) mass is 326 g/mol. The van der Waals surface area contributed by atoms with Crippen LogP contribution in [0.15, 0.2) is 36.5 Å². The molecule has 6 nitrogen and oxygen atoms in total. The number of hydrogen-bond acceptors (Lipinski definition) is 5. The quantitative estimate of drug-likeness (QED) is 0.935. The molecule has 1 atom stereocenters. The number of hydrogen-bond donors (Lipinski definition) is 1. The molecule has 1 aliphatic rings. The maximum Gasteiger partial charge on any atom is 0.274 e. The lowest BCUT2D eigenvalue weighted by atomic mass is 10.0. The molecule has 3 rings (SSSR count). The summed E-state index contributed by atoms with van der Waals surface area (Å²) in [5, 5.41) is 2.84. The summed E-state index contributed by atoms with van der Waals surface area (Å²) in [5.74, 6) is 1.58. The molecule has 24 heavy (non-hydrogen) atoms. The number of nitrogens with zero attached hydrogens (tertiary/aromatic N) is 3. The second-order valence-electron chi connectivity index (χ2n) is 6.09. The molecule has 2 heterocycles. The summed E-state index contributed by atoms with van der Waals surface area (Å²) in [7, 11) is 1.57. The predicted octanol–water partition coefficient (Wildman–Crippen LogP) is 2.97. The van der Waals surface area contributed by atoms with Gasteiger partial charge in [-0.15, -0.1) is 0 Å². The molecule has 0 aliphatic carbocycles. The molecule has 1 amide bonds. The molecule has 0 radical (unpaired) electrons. The van der Waals surface area contributed by atoms with Crippen LogP contribution in [0.25, 0.3) is 0 Å². The number of nitrogens with one attached hydrogen (secondary N) is 1. The van der Waals surface area contributed by atoms with Crippen molar-refractivity contribution in [2.24, 2.45) is 5.92 Å². The molecule has 1 saturated heterocycles. The summed E-state index contributed by atoms with van der Waals surface area (Å²) in [6, 6.07) is 8.93. The summed E-state index contributed by atoms with van der Waals surface area (Å²) in [4.78, 5) is 23.4. The van der Waals surface area contributed by atoms with Crippen LogP contribution in [0.4, 0.5) is 11.6 Å². The van der Waals surface area contributed by atoms with E-state index in [1.54, 1.807) is 31.5 Å². The molecular weight excluding hydrogens is 304 g/mol. The second kappa shape index (κ2) is 7.29. The molecule has 0 bridgehead atoms. The molecule has 1 aromatic carbocycles. The largest absolute Gasteiger partial charge is 0.495 e. The van der Waals surface area contributed by atoms with Crippen LogP contribution in [0.5, 0.6) is 5.75 Å². The van der Waals surface area contributed by atoms with E-state index in [9.17, 15) is 4.79 Å². The molecule has 1 N–H and O–H groups in total. The molecule has 1 aromatic heterocycles. The molecule has 1 unspecified atom stereocenters. The van der Waals surface area contributed by atoms with Crippen molar-refractivity contribution >= 4 is 17.5 Å². The third-order valence-electron chi connectivity index (χ3n) is 4.17. The van der Waals surface area contributed by atoms with Crippen molar-refractivity contribution in [3.8, 4) is 5.75 Å². The van der Waals surface area contributed by atoms with Crippen LogP contribution in [-0.4, -0.2) is 36.1 Å². The van der Waals surface area contributed by atoms with Crippen LogP contribution in [-0.2, 0) is 0 Å². The normalized spacial score (nSPS) is 17.4. The first-order valence-electron chi connectivity index (χ1n) is 8.19. The smallest absolute Gasteiger partial charge is 0.274 e. The van der Waals surface area contributed by atoms with Crippen LogP contribution in [0.3, 0.4) is 0 Å². The highest BCUT2D eigenvalue weighted by Crippen LogP contribution is 2.24. The van der Waals surface area contributed by atoms with Gasteiger partial charge in [0.2, 0.25) is 5.95 Å². The Balaban J connectivity index is 1.77. The number of rotatable bonds is 4. The van der Waals surface area contributed by atoms with Crippen LogP contribution in [0.2, 0.25) is 0 Å². The van der Waals surface area contributed by atoms with Crippen LogP contribution >= 0.6 is 0 Å². The van der Waals surface area contributed by atoms with Crippen LogP contribution in [0, 0.1) is 5.92 Å². The number of ether oxygens (including phenoxy) is 1. The van der Waals surface area contributed by atoms with Gasteiger partial charge in [-0.25, -0.2) is 9.97 Å². The zero-order valence-electron chi connectivity index (χ0n) is 14.0. The fourth-order valence-electron chi connectivity index (χ4n) is 2.93. The van der Waals surface area contributed by atoms with Crippen molar-refractivity contribution in [3.05, 3.63) is 42.2 Å². The van der Waals surface area contributed by atoms with E-state index in [1.165, 1.54) is 6.42 Å². The summed E-state index contributed by atoms with van der Waals surface area (Å²) < 4.78 is 5.26. The number of aromatic nitrogens is 2. The summed E-state index contributed by atoms with van der Waals surface area (Å²) >= 11 is 0. The maximum absolute atomic E-state index is 12.5. The number of methoxy groups -OCH3 is 1. The Morgan fingerprint density at radius 2 is 2.17 bits per heavy atom. The highest BCUT2D eigenvalue weighted by Gasteiger charge is 2.20. The molecule has 6 heteroatoms. The van der Waals surface area contributed by atoms with Crippen molar-refractivity contribution in [1.82, 2.24) is 9.97 Å². The Labute approximate surface area is 141 Å². The number of anilines is 2. The molecule has 1 fully saturated rings. The molecule has 0 saturated carbocycles. The average molecular weight is 326 g/mol. The van der Waals surface area contributed by atoms with Gasteiger partial charge in [-0.2, -0.15) is 0 Å². The van der Waals surface area contributed by atoms with E-state index >= 15 is 0 Å². The van der Waals surface area contributed by atoms with Gasteiger partial charge in [-0.1, -0.05) is 19.1 Å². The topological polar surface area (TPSA) is 67.3 Å². The number of benzene rings is 1. The first-order valence-corrected chi connectivity index (χ1v) is 8.19.